The molecule has 0 spiro atoms. The topological polar surface area (TPSA) is 41.9 Å². The Hall–Kier alpha value is -2.27. The maximum absolute atomic E-state index is 12.3. The summed E-state index contributed by atoms with van der Waals surface area (Å²) in [6, 6.07) is 18.0. The van der Waals surface area contributed by atoms with Gasteiger partial charge in [-0.3, -0.25) is 4.79 Å². The highest BCUT2D eigenvalue weighted by Crippen LogP contribution is 2.16. The van der Waals surface area contributed by atoms with Crippen molar-refractivity contribution in [3.8, 4) is 5.75 Å². The van der Waals surface area contributed by atoms with Crippen LogP contribution in [0.4, 0.5) is 0 Å². The molecule has 0 fully saturated rings. The summed E-state index contributed by atoms with van der Waals surface area (Å²) in [5.41, 5.74) is 3.30. The molecule has 0 aliphatic carbocycles. The van der Waals surface area contributed by atoms with Gasteiger partial charge in [-0.05, 0) is 24.6 Å². The number of amides is 1. The van der Waals surface area contributed by atoms with Crippen molar-refractivity contribution < 1.29 is 9.53 Å². The zero-order valence-electron chi connectivity index (χ0n) is 14.4. The van der Waals surface area contributed by atoms with Crippen molar-refractivity contribution in [1.82, 2.24) is 5.01 Å². The van der Waals surface area contributed by atoms with Gasteiger partial charge in [0.05, 0.1) is 24.6 Å². The van der Waals surface area contributed by atoms with Crippen molar-refractivity contribution in [2.45, 2.75) is 13.3 Å². The molecule has 4 nitrogen and oxygen atoms in total. The van der Waals surface area contributed by atoms with Crippen molar-refractivity contribution in [3.63, 3.8) is 0 Å². The zero-order valence-corrected chi connectivity index (χ0v) is 15.2. The number of rotatable bonds is 7. The van der Waals surface area contributed by atoms with Crippen molar-refractivity contribution in [3.05, 3.63) is 65.7 Å². The molecule has 0 N–H and O–H groups in total. The third kappa shape index (κ3) is 5.10. The highest BCUT2D eigenvalue weighted by atomic mass is 32.2. The van der Waals surface area contributed by atoms with E-state index in [-0.39, 0.29) is 5.91 Å². The summed E-state index contributed by atoms with van der Waals surface area (Å²) in [6.07, 6.45) is 0.816. The van der Waals surface area contributed by atoms with Crippen molar-refractivity contribution >= 4 is 23.4 Å². The number of ether oxygens (including phenoxy) is 1. The molecule has 0 bridgehead atoms. The van der Waals surface area contributed by atoms with Gasteiger partial charge in [0.25, 0.3) is 5.91 Å². The summed E-state index contributed by atoms with van der Waals surface area (Å²) in [5.74, 6) is 2.14. The molecule has 0 saturated carbocycles. The summed E-state index contributed by atoms with van der Waals surface area (Å²) in [5, 5.41) is 6.06. The van der Waals surface area contributed by atoms with Gasteiger partial charge in [0.2, 0.25) is 0 Å². The van der Waals surface area contributed by atoms with E-state index in [9.17, 15) is 4.79 Å². The number of carbonyl (C=O) groups is 1. The van der Waals surface area contributed by atoms with Gasteiger partial charge in [-0.2, -0.15) is 5.10 Å². The summed E-state index contributed by atoms with van der Waals surface area (Å²) in [6.45, 7) is 3.32. The van der Waals surface area contributed by atoms with Crippen LogP contribution in [0, 0.1) is 6.92 Å². The molecular formula is C20H22N2O2S. The first-order chi connectivity index (χ1) is 12.2. The lowest BCUT2D eigenvalue weighted by Gasteiger charge is -2.11. The number of thioether (sulfide) groups is 1. The largest absolute Gasteiger partial charge is 0.493 e. The van der Waals surface area contributed by atoms with Crippen LogP contribution < -0.4 is 4.74 Å². The molecule has 0 radical (unpaired) electrons. The van der Waals surface area contributed by atoms with E-state index >= 15 is 0 Å². The molecule has 0 saturated heterocycles. The molecule has 1 heterocycles. The molecular weight excluding hydrogens is 332 g/mol. The lowest BCUT2D eigenvalue weighted by molar-refractivity contribution is -0.127. The number of hydrogen-bond acceptors (Lipinski definition) is 4. The minimum atomic E-state index is 0.0614. The van der Waals surface area contributed by atoms with E-state index in [1.807, 2.05) is 54.6 Å². The van der Waals surface area contributed by atoms with Gasteiger partial charge in [0, 0.05) is 12.2 Å². The average molecular weight is 354 g/mol. The van der Waals surface area contributed by atoms with Gasteiger partial charge >= 0.3 is 0 Å². The summed E-state index contributed by atoms with van der Waals surface area (Å²) >= 11 is 1.58. The Morgan fingerprint density at radius 1 is 1.16 bits per heavy atom. The van der Waals surface area contributed by atoms with Crippen LogP contribution in [0.2, 0.25) is 0 Å². The summed E-state index contributed by atoms with van der Waals surface area (Å²) in [4.78, 5) is 12.3. The van der Waals surface area contributed by atoms with Crippen molar-refractivity contribution in [2.75, 3.05) is 24.7 Å². The van der Waals surface area contributed by atoms with E-state index in [1.54, 1.807) is 16.8 Å². The third-order valence-corrected chi connectivity index (χ3v) is 4.85. The number of benzene rings is 2. The van der Waals surface area contributed by atoms with Crippen molar-refractivity contribution in [2.24, 2.45) is 5.10 Å². The number of hydrazone groups is 1. The molecule has 25 heavy (non-hydrogen) atoms. The van der Waals surface area contributed by atoms with Crippen LogP contribution >= 0.6 is 11.8 Å². The molecule has 2 aromatic carbocycles. The van der Waals surface area contributed by atoms with Crippen LogP contribution in [-0.4, -0.2) is 41.3 Å². The van der Waals surface area contributed by atoms with Gasteiger partial charge < -0.3 is 4.74 Å². The zero-order chi connectivity index (χ0) is 17.5. The second-order valence-electron chi connectivity index (χ2n) is 5.89. The molecule has 0 unspecified atom stereocenters. The SMILES string of the molecule is Cc1ccc(OCCSCC(=O)N2CCC(c3ccccc3)=N2)cc1. The molecule has 2 aromatic rings. The second-order valence-corrected chi connectivity index (χ2v) is 7.00. The monoisotopic (exact) mass is 354 g/mol. The van der Waals surface area contributed by atoms with E-state index in [4.69, 9.17) is 4.74 Å². The van der Waals surface area contributed by atoms with E-state index in [0.717, 1.165) is 29.2 Å². The van der Waals surface area contributed by atoms with Crippen LogP contribution in [0.1, 0.15) is 17.5 Å². The maximum Gasteiger partial charge on any atom is 0.252 e. The Balaban J connectivity index is 1.38. The highest BCUT2D eigenvalue weighted by molar-refractivity contribution is 7.99. The lowest BCUT2D eigenvalue weighted by atomic mass is 10.1. The number of carbonyl (C=O) groups excluding carboxylic acids is 1. The Morgan fingerprint density at radius 3 is 2.68 bits per heavy atom. The first kappa shape index (κ1) is 17.5. The predicted molar refractivity (Wildman–Crippen MR) is 103 cm³/mol. The van der Waals surface area contributed by atoms with Gasteiger partial charge in [0.1, 0.15) is 5.75 Å². The fraction of sp³-hybridized carbons (Fsp3) is 0.300. The van der Waals surface area contributed by atoms with Crippen LogP contribution in [-0.2, 0) is 4.79 Å². The van der Waals surface area contributed by atoms with Gasteiger partial charge in [-0.25, -0.2) is 5.01 Å². The van der Waals surface area contributed by atoms with E-state index < -0.39 is 0 Å². The molecule has 5 heteroatoms. The van der Waals surface area contributed by atoms with Crippen LogP contribution in [0.25, 0.3) is 0 Å². The standard InChI is InChI=1S/C20H22N2O2S/c1-16-7-9-18(10-8-16)24-13-14-25-15-20(23)22-12-11-19(21-22)17-5-3-2-4-6-17/h2-10H,11-15H2,1H3. The normalized spacial score (nSPS) is 13.6. The predicted octanol–water partition coefficient (Wildman–Crippen LogP) is 3.74. The summed E-state index contributed by atoms with van der Waals surface area (Å²) < 4.78 is 5.67. The van der Waals surface area contributed by atoms with E-state index in [2.05, 4.69) is 12.0 Å². The number of aryl methyl sites for hydroxylation is 1. The molecule has 1 aliphatic rings. The summed E-state index contributed by atoms with van der Waals surface area (Å²) in [7, 11) is 0. The highest BCUT2D eigenvalue weighted by Gasteiger charge is 2.21. The fourth-order valence-corrected chi connectivity index (χ4v) is 3.23. The minimum absolute atomic E-state index is 0.0614. The molecule has 130 valence electrons. The Labute approximate surface area is 152 Å². The van der Waals surface area contributed by atoms with E-state index in [1.165, 1.54) is 5.56 Å². The van der Waals surface area contributed by atoms with Gasteiger partial charge in [-0.15, -0.1) is 11.8 Å². The van der Waals surface area contributed by atoms with Crippen LogP contribution in [0.3, 0.4) is 0 Å². The number of hydrogen-bond donors (Lipinski definition) is 0. The van der Waals surface area contributed by atoms with E-state index in [0.29, 0.717) is 18.9 Å². The Morgan fingerprint density at radius 2 is 1.92 bits per heavy atom. The van der Waals surface area contributed by atoms with Gasteiger partial charge in [0.15, 0.2) is 0 Å². The second kappa shape index (κ2) is 8.72. The molecule has 0 aromatic heterocycles. The lowest BCUT2D eigenvalue weighted by Crippen LogP contribution is -2.25. The maximum atomic E-state index is 12.3. The first-order valence-corrected chi connectivity index (χ1v) is 9.58. The molecule has 1 aliphatic heterocycles. The average Bonchev–Trinajstić information content (AvgIpc) is 3.14. The molecule has 0 atom stereocenters. The number of nitrogens with zero attached hydrogens (tertiary/aromatic N) is 2. The van der Waals surface area contributed by atoms with Crippen molar-refractivity contribution in [1.29, 1.82) is 0 Å². The quantitative estimate of drug-likeness (QED) is 0.711. The van der Waals surface area contributed by atoms with Crippen LogP contribution in [0.5, 0.6) is 5.75 Å². The van der Waals surface area contributed by atoms with Gasteiger partial charge in [-0.1, -0.05) is 48.0 Å². The fourth-order valence-electron chi connectivity index (χ4n) is 2.56. The minimum Gasteiger partial charge on any atom is -0.493 e. The Kier molecular flexibility index (Phi) is 6.12. The third-order valence-electron chi connectivity index (χ3n) is 3.94. The Bertz CT molecular complexity index is 729. The van der Waals surface area contributed by atoms with Crippen LogP contribution in [0.15, 0.2) is 59.7 Å². The molecule has 1 amide bonds. The molecule has 3 rings (SSSR count). The smallest absolute Gasteiger partial charge is 0.252 e. The first-order valence-electron chi connectivity index (χ1n) is 8.43.